The summed E-state index contributed by atoms with van der Waals surface area (Å²) in [4.78, 5) is 27.1. The van der Waals surface area contributed by atoms with Crippen molar-refractivity contribution >= 4 is 45.6 Å². The van der Waals surface area contributed by atoms with Crippen molar-refractivity contribution in [2.75, 3.05) is 30.4 Å². The summed E-state index contributed by atoms with van der Waals surface area (Å²) in [5.41, 5.74) is 0.536. The number of piperidine rings is 1. The maximum atomic E-state index is 14.4. The summed E-state index contributed by atoms with van der Waals surface area (Å²) in [6.07, 6.45) is 5.41. The van der Waals surface area contributed by atoms with Crippen molar-refractivity contribution < 1.29 is 9.18 Å². The molecule has 4 rings (SSSR count). The molecule has 0 aliphatic carbocycles. The molecule has 156 valence electrons. The molecular weight excluding hydrogens is 423 g/mol. The highest BCUT2D eigenvalue weighted by Crippen LogP contribution is 2.33. The Morgan fingerprint density at radius 2 is 2.07 bits per heavy atom. The van der Waals surface area contributed by atoms with Gasteiger partial charge in [-0.1, -0.05) is 0 Å². The standard InChI is InChI=1S/C20H21FN6OS2/c1-22-19(28)15-2-3-16(18(21)25-15)27-9-5-13(6-10-27)30-14-4-7-23-17(12-14)26-20-24-8-11-29-20/h2-4,7-8,11-13H,5-6,9-10H2,1H3,(H,22,28)(H,23,24,26). The van der Waals surface area contributed by atoms with Gasteiger partial charge >= 0.3 is 0 Å². The van der Waals surface area contributed by atoms with Gasteiger partial charge in [0.05, 0.1) is 5.69 Å². The highest BCUT2D eigenvalue weighted by Gasteiger charge is 2.23. The molecule has 1 saturated heterocycles. The van der Waals surface area contributed by atoms with Gasteiger partial charge in [-0.05, 0) is 37.1 Å². The van der Waals surface area contributed by atoms with E-state index in [0.29, 0.717) is 10.9 Å². The third-order valence-corrected chi connectivity index (χ3v) is 6.79. The van der Waals surface area contributed by atoms with Crippen LogP contribution in [0, 0.1) is 5.95 Å². The first-order valence-electron chi connectivity index (χ1n) is 9.55. The summed E-state index contributed by atoms with van der Waals surface area (Å²) in [6, 6.07) is 7.23. The zero-order valence-electron chi connectivity index (χ0n) is 16.3. The van der Waals surface area contributed by atoms with Gasteiger partial charge in [0, 0.05) is 48.1 Å². The number of nitrogens with one attached hydrogen (secondary N) is 2. The quantitative estimate of drug-likeness (QED) is 0.557. The van der Waals surface area contributed by atoms with Crippen LogP contribution in [-0.4, -0.2) is 46.2 Å². The largest absolute Gasteiger partial charge is 0.368 e. The summed E-state index contributed by atoms with van der Waals surface area (Å²) >= 11 is 3.35. The highest BCUT2D eigenvalue weighted by atomic mass is 32.2. The van der Waals surface area contributed by atoms with Gasteiger partial charge in [-0.2, -0.15) is 4.39 Å². The molecule has 1 amide bonds. The fourth-order valence-corrected chi connectivity index (χ4v) is 4.96. The minimum Gasteiger partial charge on any atom is -0.368 e. The summed E-state index contributed by atoms with van der Waals surface area (Å²) in [6.45, 7) is 1.48. The normalized spacial score (nSPS) is 14.5. The molecule has 0 spiro atoms. The second-order valence-electron chi connectivity index (χ2n) is 6.73. The molecule has 3 aromatic rings. The Morgan fingerprint density at radius 3 is 2.77 bits per heavy atom. The number of amides is 1. The van der Waals surface area contributed by atoms with Gasteiger partial charge in [0.2, 0.25) is 5.95 Å². The number of hydrogen-bond donors (Lipinski definition) is 2. The first-order chi connectivity index (χ1) is 14.6. The number of halogens is 1. The maximum absolute atomic E-state index is 14.4. The molecule has 30 heavy (non-hydrogen) atoms. The summed E-state index contributed by atoms with van der Waals surface area (Å²) in [5, 5.41) is 8.84. The topological polar surface area (TPSA) is 83.0 Å². The number of anilines is 3. The Hall–Kier alpha value is -2.72. The van der Waals surface area contributed by atoms with E-state index in [9.17, 15) is 9.18 Å². The molecular formula is C20H21FN6OS2. The molecule has 4 heterocycles. The van der Waals surface area contributed by atoms with Gasteiger partial charge in [-0.25, -0.2) is 15.0 Å². The van der Waals surface area contributed by atoms with Crippen LogP contribution < -0.4 is 15.5 Å². The predicted octanol–water partition coefficient (Wildman–Crippen LogP) is 3.94. The molecule has 1 aliphatic rings. The van der Waals surface area contributed by atoms with Crippen molar-refractivity contribution in [3.63, 3.8) is 0 Å². The lowest BCUT2D eigenvalue weighted by Crippen LogP contribution is -2.35. The molecule has 2 N–H and O–H groups in total. The van der Waals surface area contributed by atoms with Crippen LogP contribution in [0.25, 0.3) is 0 Å². The summed E-state index contributed by atoms with van der Waals surface area (Å²) in [7, 11) is 1.50. The molecule has 7 nitrogen and oxygen atoms in total. The number of carbonyl (C=O) groups excluding carboxylic acids is 1. The van der Waals surface area contributed by atoms with E-state index in [1.54, 1.807) is 24.5 Å². The molecule has 3 aromatic heterocycles. The van der Waals surface area contributed by atoms with E-state index in [1.165, 1.54) is 18.4 Å². The summed E-state index contributed by atoms with van der Waals surface area (Å²) < 4.78 is 14.4. The van der Waals surface area contributed by atoms with Gasteiger partial charge in [0.25, 0.3) is 5.91 Å². The van der Waals surface area contributed by atoms with Gasteiger partial charge < -0.3 is 15.5 Å². The van der Waals surface area contributed by atoms with Crippen LogP contribution in [0.1, 0.15) is 23.3 Å². The van der Waals surface area contributed by atoms with Crippen molar-refractivity contribution in [2.24, 2.45) is 0 Å². The minimum atomic E-state index is -0.603. The van der Waals surface area contributed by atoms with E-state index in [-0.39, 0.29) is 5.69 Å². The fraction of sp³-hybridized carbons (Fsp3) is 0.300. The monoisotopic (exact) mass is 444 g/mol. The zero-order chi connectivity index (χ0) is 20.9. The van der Waals surface area contributed by atoms with Crippen molar-refractivity contribution in [3.05, 3.63) is 53.7 Å². The number of thiazole rings is 1. The smallest absolute Gasteiger partial charge is 0.269 e. The molecule has 0 radical (unpaired) electrons. The zero-order valence-corrected chi connectivity index (χ0v) is 18.0. The first kappa shape index (κ1) is 20.5. The minimum absolute atomic E-state index is 0.0871. The van der Waals surface area contributed by atoms with Crippen LogP contribution in [0.15, 0.2) is 46.9 Å². The van der Waals surface area contributed by atoms with Crippen molar-refractivity contribution in [3.8, 4) is 0 Å². The molecule has 0 unspecified atom stereocenters. The number of nitrogens with zero attached hydrogens (tertiary/aromatic N) is 4. The van der Waals surface area contributed by atoms with Crippen molar-refractivity contribution in [1.29, 1.82) is 0 Å². The van der Waals surface area contributed by atoms with Crippen LogP contribution in [-0.2, 0) is 0 Å². The summed E-state index contributed by atoms with van der Waals surface area (Å²) in [5.74, 6) is -0.220. The number of carbonyl (C=O) groups is 1. The Kier molecular flexibility index (Phi) is 6.44. The van der Waals surface area contributed by atoms with E-state index >= 15 is 0 Å². The number of rotatable bonds is 6. The third-order valence-electron chi connectivity index (χ3n) is 4.77. The van der Waals surface area contributed by atoms with Crippen LogP contribution in [0.3, 0.4) is 0 Å². The maximum Gasteiger partial charge on any atom is 0.269 e. The first-order valence-corrected chi connectivity index (χ1v) is 11.3. The number of thioether (sulfide) groups is 1. The Morgan fingerprint density at radius 1 is 1.23 bits per heavy atom. The lowest BCUT2D eigenvalue weighted by molar-refractivity contribution is 0.0957. The van der Waals surface area contributed by atoms with E-state index in [1.807, 2.05) is 34.2 Å². The van der Waals surface area contributed by atoms with E-state index in [4.69, 9.17) is 0 Å². The predicted molar refractivity (Wildman–Crippen MR) is 118 cm³/mol. The average molecular weight is 445 g/mol. The second-order valence-corrected chi connectivity index (χ2v) is 9.00. The molecule has 0 atom stereocenters. The van der Waals surface area contributed by atoms with E-state index in [2.05, 4.69) is 25.6 Å². The molecule has 1 aliphatic heterocycles. The average Bonchev–Trinajstić information content (AvgIpc) is 3.27. The van der Waals surface area contributed by atoms with Gasteiger partial charge in [-0.15, -0.1) is 23.1 Å². The third kappa shape index (κ3) is 4.88. The van der Waals surface area contributed by atoms with Gasteiger partial charge in [-0.3, -0.25) is 4.79 Å². The number of hydrogen-bond acceptors (Lipinski definition) is 8. The van der Waals surface area contributed by atoms with Gasteiger partial charge in [0.1, 0.15) is 11.5 Å². The molecule has 0 bridgehead atoms. The van der Waals surface area contributed by atoms with Crippen LogP contribution >= 0.6 is 23.1 Å². The lowest BCUT2D eigenvalue weighted by Gasteiger charge is -2.33. The molecule has 10 heteroatoms. The number of aromatic nitrogens is 3. The molecule has 0 saturated carbocycles. The fourth-order valence-electron chi connectivity index (χ4n) is 3.27. The Bertz CT molecular complexity index is 1010. The van der Waals surface area contributed by atoms with Crippen LogP contribution in [0.5, 0.6) is 0 Å². The number of pyridine rings is 2. The molecule has 1 fully saturated rings. The molecule has 0 aromatic carbocycles. The SMILES string of the molecule is CNC(=O)c1ccc(N2CCC(Sc3ccnc(Nc4nccs4)c3)CC2)c(F)n1. The lowest BCUT2D eigenvalue weighted by atomic mass is 10.1. The highest BCUT2D eigenvalue weighted by molar-refractivity contribution is 8.00. The van der Waals surface area contributed by atoms with Gasteiger partial charge in [0.15, 0.2) is 5.13 Å². The van der Waals surface area contributed by atoms with Crippen molar-refractivity contribution in [2.45, 2.75) is 23.0 Å². The Labute approximate surface area is 182 Å². The Balaban J connectivity index is 1.34. The second kappa shape index (κ2) is 9.40. The van der Waals surface area contributed by atoms with Crippen molar-refractivity contribution in [1.82, 2.24) is 20.3 Å². The van der Waals surface area contributed by atoms with Crippen LogP contribution in [0.2, 0.25) is 0 Å². The van der Waals surface area contributed by atoms with E-state index in [0.717, 1.165) is 41.8 Å². The van der Waals surface area contributed by atoms with Crippen LogP contribution in [0.4, 0.5) is 21.0 Å². The van der Waals surface area contributed by atoms with E-state index < -0.39 is 11.9 Å².